The summed E-state index contributed by atoms with van der Waals surface area (Å²) in [6.07, 6.45) is 15.0. The van der Waals surface area contributed by atoms with Gasteiger partial charge in [0.1, 0.15) is 0 Å². The number of fused-ring (bicyclic) bond motifs is 1. The Morgan fingerprint density at radius 3 is 2.39 bits per heavy atom. The van der Waals surface area contributed by atoms with Crippen LogP contribution in [0.2, 0.25) is 0 Å². The number of aliphatic hydroxyl groups is 1. The van der Waals surface area contributed by atoms with Gasteiger partial charge >= 0.3 is 0 Å². The van der Waals surface area contributed by atoms with Crippen LogP contribution < -0.4 is 0 Å². The van der Waals surface area contributed by atoms with Gasteiger partial charge in [0.15, 0.2) is 0 Å². The summed E-state index contributed by atoms with van der Waals surface area (Å²) in [5.41, 5.74) is 5.36. The fraction of sp³-hybridized carbons (Fsp3) is 0.733. The third kappa shape index (κ3) is 6.08. The average molecular weight is 470 g/mol. The van der Waals surface area contributed by atoms with Crippen molar-refractivity contribution >= 4 is 11.8 Å². The summed E-state index contributed by atoms with van der Waals surface area (Å²) in [7, 11) is 0. The van der Waals surface area contributed by atoms with Gasteiger partial charge in [-0.3, -0.25) is 0 Å². The molecule has 1 aliphatic carbocycles. The molecule has 184 valence electrons. The maximum absolute atomic E-state index is 8.99. The number of hydrogen-bond donors (Lipinski definition) is 1. The zero-order valence-electron chi connectivity index (χ0n) is 21.7. The first-order valence-corrected chi connectivity index (χ1v) is 14.5. The average Bonchev–Trinajstić information content (AvgIpc) is 3.07. The fourth-order valence-corrected chi connectivity index (χ4v) is 7.73. The Labute approximate surface area is 207 Å². The van der Waals surface area contributed by atoms with Crippen LogP contribution in [0.15, 0.2) is 29.2 Å². The Morgan fingerprint density at radius 1 is 0.939 bits per heavy atom. The van der Waals surface area contributed by atoms with Crippen LogP contribution in [0.3, 0.4) is 0 Å². The Kier molecular flexibility index (Phi) is 8.35. The van der Waals surface area contributed by atoms with Crippen molar-refractivity contribution in [1.29, 1.82) is 0 Å². The standard InChI is InChI=1S/C30H47NOS/c1-29(2)16-17-30(3,4)26-22-24(12-13-25(26)29)28-11-7-6-10-27(33-28)23-14-19-31(20-15-23)18-8-5-9-21-32/h10,12-13,22-23,28,32H,5-9,11,14-21H2,1-4H3. The number of allylic oxidation sites excluding steroid dienone is 2. The molecular weight excluding hydrogens is 422 g/mol. The van der Waals surface area contributed by atoms with E-state index >= 15 is 0 Å². The summed E-state index contributed by atoms with van der Waals surface area (Å²) in [6.45, 7) is 13.8. The summed E-state index contributed by atoms with van der Waals surface area (Å²) in [6, 6.07) is 7.55. The fourth-order valence-electron chi connectivity index (χ4n) is 6.19. The number of likely N-dealkylation sites (tertiary alicyclic amines) is 1. The molecule has 0 radical (unpaired) electrons. The molecule has 1 saturated heterocycles. The lowest BCUT2D eigenvalue weighted by atomic mass is 9.63. The number of rotatable bonds is 7. The van der Waals surface area contributed by atoms with Gasteiger partial charge in [-0.05, 0) is 122 Å². The van der Waals surface area contributed by atoms with Gasteiger partial charge in [0.05, 0.1) is 0 Å². The highest BCUT2D eigenvalue weighted by Crippen LogP contribution is 2.50. The Balaban J connectivity index is 1.42. The van der Waals surface area contributed by atoms with E-state index in [-0.39, 0.29) is 0 Å². The maximum atomic E-state index is 8.99. The van der Waals surface area contributed by atoms with Gasteiger partial charge in [-0.1, -0.05) is 52.0 Å². The minimum absolute atomic E-state index is 0.291. The SMILES string of the molecule is CC1(C)CCC(C)(C)c2cc(C3CCCC=C(C4CCN(CCCCCO)CC4)S3)ccc21. The molecule has 2 heterocycles. The monoisotopic (exact) mass is 469 g/mol. The van der Waals surface area contributed by atoms with Crippen LogP contribution in [0.4, 0.5) is 0 Å². The van der Waals surface area contributed by atoms with E-state index in [0.717, 1.165) is 18.8 Å². The number of aliphatic hydroxyl groups excluding tert-OH is 1. The Morgan fingerprint density at radius 2 is 1.67 bits per heavy atom. The molecule has 1 aromatic rings. The molecule has 33 heavy (non-hydrogen) atoms. The summed E-state index contributed by atoms with van der Waals surface area (Å²) in [5.74, 6) is 0.761. The first kappa shape index (κ1) is 25.3. The molecule has 2 aliphatic heterocycles. The zero-order chi connectivity index (χ0) is 23.5. The van der Waals surface area contributed by atoms with Crippen molar-refractivity contribution < 1.29 is 5.11 Å². The second-order valence-electron chi connectivity index (χ2n) is 12.1. The van der Waals surface area contributed by atoms with Crippen LogP contribution >= 0.6 is 11.8 Å². The van der Waals surface area contributed by atoms with Gasteiger partial charge in [-0.15, -0.1) is 11.8 Å². The molecule has 3 aliphatic rings. The van der Waals surface area contributed by atoms with E-state index in [1.807, 2.05) is 0 Å². The highest BCUT2D eigenvalue weighted by Gasteiger charge is 2.37. The van der Waals surface area contributed by atoms with E-state index < -0.39 is 0 Å². The highest BCUT2D eigenvalue weighted by atomic mass is 32.2. The van der Waals surface area contributed by atoms with Gasteiger partial charge in [0.2, 0.25) is 0 Å². The van der Waals surface area contributed by atoms with E-state index in [1.54, 1.807) is 21.6 Å². The number of nitrogens with zero attached hydrogens (tertiary/aromatic N) is 1. The highest BCUT2D eigenvalue weighted by molar-refractivity contribution is 8.03. The van der Waals surface area contributed by atoms with Crippen molar-refractivity contribution in [2.45, 2.75) is 108 Å². The Hall–Kier alpha value is -0.770. The third-order valence-corrected chi connectivity index (χ3v) is 10.2. The molecule has 1 fully saturated rings. The van der Waals surface area contributed by atoms with Gasteiger partial charge in [-0.25, -0.2) is 0 Å². The maximum Gasteiger partial charge on any atom is 0.0431 e. The first-order valence-electron chi connectivity index (χ1n) is 13.6. The molecule has 0 saturated carbocycles. The van der Waals surface area contributed by atoms with Crippen LogP contribution in [-0.4, -0.2) is 36.2 Å². The smallest absolute Gasteiger partial charge is 0.0431 e. The molecule has 1 atom stereocenters. The van der Waals surface area contributed by atoms with Crippen LogP contribution in [0, 0.1) is 5.92 Å². The second kappa shape index (κ2) is 10.9. The molecule has 4 rings (SSSR count). The van der Waals surface area contributed by atoms with Crippen molar-refractivity contribution in [2.24, 2.45) is 5.92 Å². The number of benzene rings is 1. The predicted octanol–water partition coefficient (Wildman–Crippen LogP) is 7.75. The normalized spacial score (nSPS) is 25.8. The minimum atomic E-state index is 0.291. The van der Waals surface area contributed by atoms with Crippen LogP contribution in [0.1, 0.15) is 114 Å². The lowest BCUT2D eigenvalue weighted by Crippen LogP contribution is -2.34. The largest absolute Gasteiger partial charge is 0.396 e. The predicted molar refractivity (Wildman–Crippen MR) is 144 cm³/mol. The van der Waals surface area contributed by atoms with Crippen molar-refractivity contribution in [2.75, 3.05) is 26.2 Å². The summed E-state index contributed by atoms with van der Waals surface area (Å²) in [5, 5.41) is 9.61. The number of piperidine rings is 1. The topological polar surface area (TPSA) is 23.5 Å². The molecule has 1 aromatic carbocycles. The number of hydrogen-bond acceptors (Lipinski definition) is 3. The minimum Gasteiger partial charge on any atom is -0.396 e. The molecule has 1 unspecified atom stereocenters. The van der Waals surface area contributed by atoms with E-state index in [0.29, 0.717) is 22.7 Å². The van der Waals surface area contributed by atoms with Crippen LogP contribution in [0.5, 0.6) is 0 Å². The van der Waals surface area contributed by atoms with Crippen molar-refractivity contribution in [3.8, 4) is 0 Å². The molecule has 0 bridgehead atoms. The zero-order valence-corrected chi connectivity index (χ0v) is 22.5. The van der Waals surface area contributed by atoms with E-state index in [1.165, 1.54) is 71.0 Å². The molecule has 0 amide bonds. The van der Waals surface area contributed by atoms with E-state index in [2.05, 4.69) is 68.6 Å². The van der Waals surface area contributed by atoms with Gasteiger partial charge in [0.25, 0.3) is 0 Å². The van der Waals surface area contributed by atoms with E-state index in [9.17, 15) is 0 Å². The molecule has 0 aromatic heterocycles. The molecule has 3 heteroatoms. The summed E-state index contributed by atoms with van der Waals surface area (Å²) < 4.78 is 0. The molecule has 2 nitrogen and oxygen atoms in total. The lowest BCUT2D eigenvalue weighted by molar-refractivity contribution is 0.195. The summed E-state index contributed by atoms with van der Waals surface area (Å²) >= 11 is 2.20. The number of thioether (sulfide) groups is 1. The van der Waals surface area contributed by atoms with Crippen molar-refractivity contribution in [3.05, 3.63) is 45.9 Å². The first-order chi connectivity index (χ1) is 15.8. The van der Waals surface area contributed by atoms with Crippen molar-refractivity contribution in [1.82, 2.24) is 4.90 Å². The molecule has 0 spiro atoms. The Bertz CT molecular complexity index is 819. The van der Waals surface area contributed by atoms with Crippen LogP contribution in [0.25, 0.3) is 0 Å². The second-order valence-corrected chi connectivity index (χ2v) is 13.4. The van der Waals surface area contributed by atoms with E-state index in [4.69, 9.17) is 5.11 Å². The summed E-state index contributed by atoms with van der Waals surface area (Å²) in [4.78, 5) is 4.34. The number of unbranched alkanes of at least 4 members (excludes halogenated alkanes) is 2. The molecule has 1 N–H and O–H groups in total. The van der Waals surface area contributed by atoms with Gasteiger partial charge in [0, 0.05) is 11.9 Å². The third-order valence-electron chi connectivity index (χ3n) is 8.67. The van der Waals surface area contributed by atoms with Gasteiger partial charge in [-0.2, -0.15) is 0 Å². The molecular formula is C30H47NOS. The van der Waals surface area contributed by atoms with Gasteiger partial charge < -0.3 is 10.0 Å². The quantitative estimate of drug-likeness (QED) is 0.413. The lowest BCUT2D eigenvalue weighted by Gasteiger charge is -2.42. The van der Waals surface area contributed by atoms with Crippen LogP contribution in [-0.2, 0) is 10.8 Å². The van der Waals surface area contributed by atoms with Crippen molar-refractivity contribution in [3.63, 3.8) is 0 Å².